The number of halogens is 1. The second kappa shape index (κ2) is 4.68. The van der Waals surface area contributed by atoms with Crippen LogP contribution in [0.15, 0.2) is 18.2 Å². The number of amides is 1. The van der Waals surface area contributed by atoms with Crippen molar-refractivity contribution in [2.24, 2.45) is 0 Å². The molecule has 1 fully saturated rings. The van der Waals surface area contributed by atoms with Gasteiger partial charge in [-0.3, -0.25) is 4.79 Å². The standard InChI is InChI=1S/C12H14FNO3S/c1-8-5-6-11(13)10(7-8)12(15)14-18(16,17)9-3-2-4-9/h5-7,9H,2-4H2,1H3,(H,14,15). The third kappa shape index (κ3) is 2.53. The SMILES string of the molecule is Cc1ccc(F)c(C(=O)NS(=O)(=O)C2CCC2)c1. The molecule has 0 unspecified atom stereocenters. The van der Waals surface area contributed by atoms with Gasteiger partial charge in [0.05, 0.1) is 10.8 Å². The number of aryl methyl sites for hydroxylation is 1. The van der Waals surface area contributed by atoms with Crippen molar-refractivity contribution < 1.29 is 17.6 Å². The minimum Gasteiger partial charge on any atom is -0.268 e. The zero-order valence-corrected chi connectivity index (χ0v) is 10.8. The fourth-order valence-electron chi connectivity index (χ4n) is 1.76. The third-order valence-corrected chi connectivity index (χ3v) is 4.91. The molecule has 0 aromatic heterocycles. The molecule has 0 aliphatic heterocycles. The quantitative estimate of drug-likeness (QED) is 0.911. The lowest BCUT2D eigenvalue weighted by Gasteiger charge is -2.25. The van der Waals surface area contributed by atoms with E-state index in [4.69, 9.17) is 0 Å². The van der Waals surface area contributed by atoms with Gasteiger partial charge >= 0.3 is 0 Å². The summed E-state index contributed by atoms with van der Waals surface area (Å²) in [6.07, 6.45) is 1.95. The molecule has 0 saturated heterocycles. The Kier molecular flexibility index (Phi) is 3.38. The molecule has 0 radical (unpaired) electrons. The predicted molar refractivity (Wildman–Crippen MR) is 65.2 cm³/mol. The monoisotopic (exact) mass is 271 g/mol. The summed E-state index contributed by atoms with van der Waals surface area (Å²) in [6, 6.07) is 4.01. The van der Waals surface area contributed by atoms with Gasteiger partial charge in [-0.25, -0.2) is 17.5 Å². The molecule has 18 heavy (non-hydrogen) atoms. The Morgan fingerprint density at radius 2 is 2.06 bits per heavy atom. The lowest BCUT2D eigenvalue weighted by molar-refractivity contribution is 0.0976. The highest BCUT2D eigenvalue weighted by atomic mass is 32.2. The molecule has 0 atom stereocenters. The van der Waals surface area contributed by atoms with Gasteiger partial charge < -0.3 is 0 Å². The molecule has 0 heterocycles. The predicted octanol–water partition coefficient (Wildman–Crippen LogP) is 1.75. The van der Waals surface area contributed by atoms with E-state index in [-0.39, 0.29) is 5.56 Å². The first-order valence-electron chi connectivity index (χ1n) is 5.72. The molecule has 1 amide bonds. The van der Waals surface area contributed by atoms with Crippen LogP contribution in [0.1, 0.15) is 35.2 Å². The summed E-state index contributed by atoms with van der Waals surface area (Å²) in [6.45, 7) is 1.71. The Morgan fingerprint density at radius 3 is 2.61 bits per heavy atom. The number of nitrogens with one attached hydrogen (secondary N) is 1. The van der Waals surface area contributed by atoms with Crippen molar-refractivity contribution in [3.8, 4) is 0 Å². The van der Waals surface area contributed by atoms with E-state index in [1.165, 1.54) is 12.1 Å². The van der Waals surface area contributed by atoms with Gasteiger partial charge in [-0.05, 0) is 31.9 Å². The van der Waals surface area contributed by atoms with E-state index in [2.05, 4.69) is 0 Å². The molecule has 0 bridgehead atoms. The van der Waals surface area contributed by atoms with E-state index in [9.17, 15) is 17.6 Å². The van der Waals surface area contributed by atoms with Gasteiger partial charge in [0.15, 0.2) is 0 Å². The number of rotatable bonds is 3. The van der Waals surface area contributed by atoms with Crippen LogP contribution in [0.25, 0.3) is 0 Å². The van der Waals surface area contributed by atoms with Gasteiger partial charge in [0.2, 0.25) is 10.0 Å². The average Bonchev–Trinajstić information content (AvgIpc) is 2.17. The maximum atomic E-state index is 13.4. The van der Waals surface area contributed by atoms with Gasteiger partial charge in [-0.1, -0.05) is 18.1 Å². The molecule has 6 heteroatoms. The molecule has 2 rings (SSSR count). The Hall–Kier alpha value is -1.43. The molecule has 1 aliphatic carbocycles. The van der Waals surface area contributed by atoms with Crippen LogP contribution < -0.4 is 4.72 Å². The van der Waals surface area contributed by atoms with Gasteiger partial charge in [-0.2, -0.15) is 0 Å². The Labute approximate surface area is 105 Å². The highest BCUT2D eigenvalue weighted by Gasteiger charge is 2.33. The normalized spacial score (nSPS) is 16.1. The number of carbonyl (C=O) groups excluding carboxylic acids is 1. The Bertz CT molecular complexity index is 579. The van der Waals surface area contributed by atoms with E-state index in [1.807, 2.05) is 4.72 Å². The minimum absolute atomic E-state index is 0.238. The molecule has 1 aromatic rings. The number of carbonyl (C=O) groups is 1. The summed E-state index contributed by atoms with van der Waals surface area (Å²) in [5.41, 5.74) is 0.459. The summed E-state index contributed by atoms with van der Waals surface area (Å²) >= 11 is 0. The van der Waals surface area contributed by atoms with Crippen molar-refractivity contribution in [1.82, 2.24) is 4.72 Å². The third-order valence-electron chi connectivity index (χ3n) is 3.09. The topological polar surface area (TPSA) is 63.2 Å². The van der Waals surface area contributed by atoms with Crippen LogP contribution >= 0.6 is 0 Å². The first-order chi connectivity index (χ1) is 8.40. The van der Waals surface area contributed by atoms with Crippen LogP contribution in [0.4, 0.5) is 4.39 Å². The van der Waals surface area contributed by atoms with Crippen LogP contribution in [-0.4, -0.2) is 19.6 Å². The van der Waals surface area contributed by atoms with Gasteiger partial charge in [0.25, 0.3) is 5.91 Å². The van der Waals surface area contributed by atoms with Gasteiger partial charge in [0, 0.05) is 0 Å². The van der Waals surface area contributed by atoms with Crippen LogP contribution in [0.3, 0.4) is 0 Å². The lowest BCUT2D eigenvalue weighted by Crippen LogP contribution is -2.41. The summed E-state index contributed by atoms with van der Waals surface area (Å²) in [5.74, 6) is -1.62. The molecule has 1 saturated carbocycles. The Morgan fingerprint density at radius 1 is 1.39 bits per heavy atom. The first kappa shape index (κ1) is 13.0. The largest absolute Gasteiger partial charge is 0.268 e. The highest BCUT2D eigenvalue weighted by molar-refractivity contribution is 7.90. The molecule has 1 N–H and O–H groups in total. The molecule has 4 nitrogen and oxygen atoms in total. The fourth-order valence-corrected chi connectivity index (χ4v) is 3.25. The van der Waals surface area contributed by atoms with Crippen molar-refractivity contribution in [3.05, 3.63) is 35.1 Å². The molecular formula is C12H14FNO3S. The smallest absolute Gasteiger partial charge is 0.267 e. The van der Waals surface area contributed by atoms with E-state index >= 15 is 0 Å². The summed E-state index contributed by atoms with van der Waals surface area (Å²) < 4.78 is 38.8. The number of hydrogen-bond donors (Lipinski definition) is 1. The van der Waals surface area contributed by atoms with E-state index in [1.54, 1.807) is 6.92 Å². The second-order valence-electron chi connectivity index (χ2n) is 4.51. The van der Waals surface area contributed by atoms with Crippen molar-refractivity contribution in [2.45, 2.75) is 31.4 Å². The maximum absolute atomic E-state index is 13.4. The van der Waals surface area contributed by atoms with E-state index < -0.39 is 27.0 Å². The maximum Gasteiger partial charge on any atom is 0.267 e. The van der Waals surface area contributed by atoms with Crippen molar-refractivity contribution in [3.63, 3.8) is 0 Å². The van der Waals surface area contributed by atoms with Crippen LogP contribution in [0, 0.1) is 12.7 Å². The summed E-state index contributed by atoms with van der Waals surface area (Å²) in [4.78, 5) is 11.7. The Balaban J connectivity index is 2.19. The van der Waals surface area contributed by atoms with Crippen LogP contribution in [0.5, 0.6) is 0 Å². The summed E-state index contributed by atoms with van der Waals surface area (Å²) in [5, 5.41) is -0.519. The van der Waals surface area contributed by atoms with Gasteiger partial charge in [0.1, 0.15) is 5.82 Å². The van der Waals surface area contributed by atoms with Crippen molar-refractivity contribution in [1.29, 1.82) is 0 Å². The van der Waals surface area contributed by atoms with Crippen LogP contribution in [0.2, 0.25) is 0 Å². The van der Waals surface area contributed by atoms with Crippen molar-refractivity contribution >= 4 is 15.9 Å². The van der Waals surface area contributed by atoms with E-state index in [0.29, 0.717) is 18.4 Å². The first-order valence-corrected chi connectivity index (χ1v) is 7.27. The zero-order chi connectivity index (χ0) is 13.3. The average molecular weight is 271 g/mol. The number of sulfonamides is 1. The molecule has 0 spiro atoms. The van der Waals surface area contributed by atoms with Crippen LogP contribution in [-0.2, 0) is 10.0 Å². The zero-order valence-electron chi connectivity index (χ0n) is 9.94. The number of hydrogen-bond acceptors (Lipinski definition) is 3. The molecule has 1 aliphatic rings. The second-order valence-corrected chi connectivity index (χ2v) is 6.47. The highest BCUT2D eigenvalue weighted by Crippen LogP contribution is 2.25. The molecule has 1 aromatic carbocycles. The molecular weight excluding hydrogens is 257 g/mol. The fraction of sp³-hybridized carbons (Fsp3) is 0.417. The van der Waals surface area contributed by atoms with Crippen molar-refractivity contribution in [2.75, 3.05) is 0 Å². The number of benzene rings is 1. The minimum atomic E-state index is -3.67. The summed E-state index contributed by atoms with van der Waals surface area (Å²) in [7, 11) is -3.67. The lowest BCUT2D eigenvalue weighted by atomic mass is 10.0. The van der Waals surface area contributed by atoms with Gasteiger partial charge in [-0.15, -0.1) is 0 Å². The van der Waals surface area contributed by atoms with E-state index in [0.717, 1.165) is 12.5 Å². The molecule has 98 valence electrons.